The summed E-state index contributed by atoms with van der Waals surface area (Å²) in [5, 5.41) is 50.3. The predicted molar refractivity (Wildman–Crippen MR) is 163 cm³/mol. The van der Waals surface area contributed by atoms with Gasteiger partial charge in [-0.15, -0.1) is 0 Å². The van der Waals surface area contributed by atoms with Crippen LogP contribution in [0.15, 0.2) is 70.5 Å². The number of hydrogen-bond donors (Lipinski definition) is 7. The number of nitrogens with two attached hydrogens (primary N) is 1. The fraction of sp³-hybridized carbons (Fsp3) is 0.276. The highest BCUT2D eigenvalue weighted by Gasteiger charge is 2.34. The van der Waals surface area contributed by atoms with E-state index >= 15 is 0 Å². The lowest BCUT2D eigenvalue weighted by molar-refractivity contribution is -0.134. The van der Waals surface area contributed by atoms with Gasteiger partial charge >= 0.3 is 23.9 Å². The summed E-state index contributed by atoms with van der Waals surface area (Å²) in [5.74, 6) is -5.13. The van der Waals surface area contributed by atoms with E-state index in [-0.39, 0.29) is 17.7 Å². The van der Waals surface area contributed by atoms with E-state index in [1.807, 2.05) is 24.3 Å². The summed E-state index contributed by atoms with van der Waals surface area (Å²) in [6, 6.07) is 10.6. The zero-order valence-corrected chi connectivity index (χ0v) is 25.2. The Morgan fingerprint density at radius 3 is 2.02 bits per heavy atom. The minimum absolute atomic E-state index is 0.0669. The number of rotatable bonds is 8. The highest BCUT2D eigenvalue weighted by Crippen LogP contribution is 2.44. The number of carboxylic acids is 4. The summed E-state index contributed by atoms with van der Waals surface area (Å²) in [5.41, 5.74) is 7.60. The van der Waals surface area contributed by atoms with Crippen molar-refractivity contribution >= 4 is 53.1 Å². The van der Waals surface area contributed by atoms with Gasteiger partial charge in [0.1, 0.15) is 12.0 Å². The molecule has 2 aliphatic heterocycles. The summed E-state index contributed by atoms with van der Waals surface area (Å²) < 4.78 is 14.0. The van der Waals surface area contributed by atoms with Gasteiger partial charge in [0.15, 0.2) is 0 Å². The van der Waals surface area contributed by atoms with Gasteiger partial charge in [0.2, 0.25) is 0 Å². The molecule has 0 bridgehead atoms. The molecule has 0 spiro atoms. The van der Waals surface area contributed by atoms with Crippen LogP contribution in [-0.2, 0) is 25.6 Å². The number of nitrogens with zero attached hydrogens (tertiary/aromatic N) is 2. The number of carbonyl (C=O) groups is 4. The van der Waals surface area contributed by atoms with E-state index in [9.17, 15) is 28.7 Å². The Hall–Kier alpha value is -4.28. The molecule has 2 atom stereocenters. The molecule has 8 N–H and O–H groups in total. The predicted octanol–water partition coefficient (Wildman–Crippen LogP) is 2.91. The van der Waals surface area contributed by atoms with E-state index in [2.05, 4.69) is 9.80 Å². The third-order valence-electron chi connectivity index (χ3n) is 6.30. The summed E-state index contributed by atoms with van der Waals surface area (Å²) in [6.07, 6.45) is 2.78. The third kappa shape index (κ3) is 13.1. The molecule has 1 fully saturated rings. The Morgan fingerprint density at radius 1 is 0.933 bits per heavy atom. The van der Waals surface area contributed by atoms with E-state index in [1.165, 1.54) is 6.07 Å². The molecule has 2 unspecified atom stereocenters. The number of aliphatic hydroxyl groups is 1. The molecule has 242 valence electrons. The largest absolute Gasteiger partial charge is 0.478 e. The van der Waals surface area contributed by atoms with Crippen molar-refractivity contribution in [2.75, 3.05) is 26.2 Å². The Morgan fingerprint density at radius 2 is 1.51 bits per heavy atom. The molecule has 1 saturated heterocycles. The lowest BCUT2D eigenvalue weighted by Crippen LogP contribution is -2.54. The number of amidine groups is 1. The van der Waals surface area contributed by atoms with Crippen LogP contribution in [0.4, 0.5) is 4.39 Å². The Labute approximate surface area is 266 Å². The molecule has 0 amide bonds. The highest BCUT2D eigenvalue weighted by atomic mass is 35.5. The molecule has 0 radical (unpaired) electrons. The third-order valence-corrected chi connectivity index (χ3v) is 7.73. The van der Waals surface area contributed by atoms with Crippen molar-refractivity contribution in [1.82, 2.24) is 9.80 Å². The van der Waals surface area contributed by atoms with Crippen molar-refractivity contribution in [3.8, 4) is 0 Å². The summed E-state index contributed by atoms with van der Waals surface area (Å²) in [7, 11) is 0. The molecule has 2 aromatic rings. The first kappa shape index (κ1) is 36.9. The number of carboxylic acid groups (broad SMARTS) is 4. The number of nitrogens with one attached hydrogen (secondary N) is 1. The number of fused-ring (bicyclic) bond motifs is 2. The zero-order chi connectivity index (χ0) is 33.7. The molecule has 4 rings (SSSR count). The average Bonchev–Trinajstić information content (AvgIpc) is 3.10. The first-order valence-electron chi connectivity index (χ1n) is 13.2. The monoisotopic (exact) mass is 666 g/mol. The molecule has 16 heteroatoms. The maximum atomic E-state index is 14.0. The first-order valence-corrected chi connectivity index (χ1v) is 14.4. The summed E-state index contributed by atoms with van der Waals surface area (Å²) in [4.78, 5) is 44.4. The summed E-state index contributed by atoms with van der Waals surface area (Å²) >= 11 is 7.79. The average molecular weight is 667 g/mol. The first-order chi connectivity index (χ1) is 21.2. The van der Waals surface area contributed by atoms with Crippen LogP contribution in [-0.4, -0.2) is 97.5 Å². The maximum Gasteiger partial charge on any atom is 0.328 e. The van der Waals surface area contributed by atoms with E-state index in [4.69, 9.17) is 43.2 Å². The Balaban J connectivity index is 0.000000365. The van der Waals surface area contributed by atoms with Crippen LogP contribution < -0.4 is 5.73 Å². The standard InChI is InChI=1S/C21H24ClFN4OS.2C4H4O4/c22-14-1-4-18-13(9-14)10-17(16-3-2-15(23)11-19(16)29-18)27-8-7-26(12-21(27)28)6-5-20(24)25;2*5-3(6)1-2-4(7)8/h1-4,9,11,17,21,28H,5-8,10,12H2,(H3,24,25);2*1-2H,(H,5,6)(H,7,8)/b;2*2-1+. The van der Waals surface area contributed by atoms with Crippen LogP contribution in [0.3, 0.4) is 0 Å². The van der Waals surface area contributed by atoms with Gasteiger partial charge in [-0.3, -0.25) is 15.2 Å². The second-order valence-electron chi connectivity index (χ2n) is 9.57. The van der Waals surface area contributed by atoms with Gasteiger partial charge in [0, 0.05) is 77.8 Å². The van der Waals surface area contributed by atoms with Crippen molar-refractivity contribution in [2.24, 2.45) is 5.73 Å². The molecular weight excluding hydrogens is 635 g/mol. The molecule has 2 heterocycles. The van der Waals surface area contributed by atoms with E-state index in [0.717, 1.165) is 27.5 Å². The van der Waals surface area contributed by atoms with Gasteiger partial charge in [-0.05, 0) is 47.9 Å². The van der Waals surface area contributed by atoms with Gasteiger partial charge in [0.25, 0.3) is 0 Å². The fourth-order valence-corrected chi connectivity index (χ4v) is 5.71. The van der Waals surface area contributed by atoms with Crippen molar-refractivity contribution in [1.29, 1.82) is 5.41 Å². The van der Waals surface area contributed by atoms with Crippen LogP contribution in [0.2, 0.25) is 5.02 Å². The summed E-state index contributed by atoms with van der Waals surface area (Å²) in [6.45, 7) is 2.63. The normalized spacial score (nSPS) is 17.9. The molecule has 2 aliphatic rings. The number of hydrogen-bond acceptors (Lipinski definition) is 9. The quantitative estimate of drug-likeness (QED) is 0.122. The van der Waals surface area contributed by atoms with Gasteiger partial charge in [-0.1, -0.05) is 29.4 Å². The topological polar surface area (TPSA) is 226 Å². The number of benzene rings is 2. The van der Waals surface area contributed by atoms with Crippen LogP contribution in [0.25, 0.3) is 0 Å². The molecule has 0 aliphatic carbocycles. The minimum atomic E-state index is -1.26. The molecule has 45 heavy (non-hydrogen) atoms. The van der Waals surface area contributed by atoms with Crippen molar-refractivity contribution in [3.05, 3.63) is 82.7 Å². The SMILES string of the molecule is N=C(N)CCN1CCN(C2Cc3cc(Cl)ccc3Sc3cc(F)ccc32)C(O)C1.O=C(O)/C=C/C(=O)O.O=C(O)/C=C/C(=O)O. The Kier molecular flexibility index (Phi) is 14.7. The number of piperazine rings is 1. The number of aliphatic carboxylic acids is 4. The highest BCUT2D eigenvalue weighted by molar-refractivity contribution is 7.99. The second kappa shape index (κ2) is 17.9. The number of halogens is 2. The molecule has 0 aromatic heterocycles. The fourth-order valence-electron chi connectivity index (χ4n) is 4.37. The van der Waals surface area contributed by atoms with Crippen molar-refractivity contribution in [3.63, 3.8) is 0 Å². The Bertz CT molecular complexity index is 1410. The van der Waals surface area contributed by atoms with E-state index in [0.29, 0.717) is 61.8 Å². The van der Waals surface area contributed by atoms with Crippen LogP contribution in [0.1, 0.15) is 23.6 Å². The van der Waals surface area contributed by atoms with Crippen molar-refractivity contribution in [2.45, 2.75) is 34.9 Å². The molecular formula is C29H32ClFN4O9S. The van der Waals surface area contributed by atoms with E-state index in [1.54, 1.807) is 17.8 Å². The lowest BCUT2D eigenvalue weighted by atomic mass is 9.96. The lowest BCUT2D eigenvalue weighted by Gasteiger charge is -2.43. The minimum Gasteiger partial charge on any atom is -0.478 e. The van der Waals surface area contributed by atoms with Crippen LogP contribution in [0, 0.1) is 11.2 Å². The van der Waals surface area contributed by atoms with Gasteiger partial charge in [-0.25, -0.2) is 23.6 Å². The number of β-amino-alcohol motifs (C(OH)–C–C–N with tert-alkyl or cyclic N) is 1. The molecule has 13 nitrogen and oxygen atoms in total. The molecule has 2 aromatic carbocycles. The number of aliphatic hydroxyl groups excluding tert-OH is 1. The van der Waals surface area contributed by atoms with Crippen molar-refractivity contribution < 1.29 is 49.1 Å². The zero-order valence-electron chi connectivity index (χ0n) is 23.7. The second-order valence-corrected chi connectivity index (χ2v) is 11.1. The van der Waals surface area contributed by atoms with Gasteiger partial charge in [0.05, 0.1) is 5.84 Å². The van der Waals surface area contributed by atoms with E-state index < -0.39 is 30.1 Å². The molecule has 0 saturated carbocycles. The van der Waals surface area contributed by atoms with Crippen LogP contribution in [0.5, 0.6) is 0 Å². The smallest absolute Gasteiger partial charge is 0.328 e. The van der Waals surface area contributed by atoms with Gasteiger partial charge in [-0.2, -0.15) is 0 Å². The van der Waals surface area contributed by atoms with Crippen LogP contribution >= 0.6 is 23.4 Å². The van der Waals surface area contributed by atoms with Gasteiger partial charge < -0.3 is 31.3 Å². The maximum absolute atomic E-state index is 14.0.